The number of nitrogens with zero attached hydrogens (tertiary/aromatic N) is 6. The van der Waals surface area contributed by atoms with E-state index in [1.54, 1.807) is 37.6 Å². The third kappa shape index (κ3) is 8.06. The minimum atomic E-state index is -4.51. The van der Waals surface area contributed by atoms with Crippen LogP contribution < -0.4 is 21.2 Å². The molecule has 0 spiro atoms. The average molecular weight is 829 g/mol. The number of hydrogen-bond acceptors (Lipinski definition) is 8. The Bertz CT molecular complexity index is 2500. The molecule has 5 aromatic rings. The maximum atomic E-state index is 13.5. The number of fused-ring (bicyclic) bond motifs is 2. The number of halogens is 3. The zero-order valence-electron chi connectivity index (χ0n) is 34.3. The number of alkyl halides is 3. The Balaban J connectivity index is 0.879. The van der Waals surface area contributed by atoms with E-state index in [-0.39, 0.29) is 29.6 Å². The number of anilines is 2. The highest BCUT2D eigenvalue weighted by molar-refractivity contribution is 6.06. The second-order valence-electron chi connectivity index (χ2n) is 17.3. The summed E-state index contributed by atoms with van der Waals surface area (Å²) in [6.45, 7) is 5.88. The van der Waals surface area contributed by atoms with Crippen LogP contribution in [0.3, 0.4) is 0 Å². The van der Waals surface area contributed by atoms with Crippen molar-refractivity contribution in [2.75, 3.05) is 36.9 Å². The second kappa shape index (κ2) is 15.8. The van der Waals surface area contributed by atoms with Gasteiger partial charge in [-0.15, -0.1) is 0 Å². The van der Waals surface area contributed by atoms with Gasteiger partial charge in [0, 0.05) is 67.5 Å². The molecule has 3 aliphatic rings. The monoisotopic (exact) mass is 828 g/mol. The van der Waals surface area contributed by atoms with Crippen LogP contribution in [-0.4, -0.2) is 79.4 Å². The molecule has 16 heteroatoms. The van der Waals surface area contributed by atoms with Gasteiger partial charge >= 0.3 is 11.9 Å². The fourth-order valence-electron chi connectivity index (χ4n) is 9.49. The van der Waals surface area contributed by atoms with Crippen LogP contribution in [0.15, 0.2) is 65.6 Å². The van der Waals surface area contributed by atoms with Crippen LogP contribution in [-0.2, 0) is 28.4 Å². The Morgan fingerprint density at radius 1 is 0.967 bits per heavy atom. The molecule has 60 heavy (non-hydrogen) atoms. The summed E-state index contributed by atoms with van der Waals surface area (Å²) in [6, 6.07) is 13.3. The van der Waals surface area contributed by atoms with Gasteiger partial charge in [-0.05, 0) is 120 Å². The highest BCUT2D eigenvalue weighted by Gasteiger charge is 2.34. The predicted octanol–water partition coefficient (Wildman–Crippen LogP) is 6.50. The maximum Gasteiger partial charge on any atom is 0.416 e. The number of aromatic nitrogens is 4. The molecule has 1 saturated carbocycles. The first-order chi connectivity index (χ1) is 28.5. The first-order valence-electron chi connectivity index (χ1n) is 20.7. The minimum absolute atomic E-state index is 0.0665. The SMILES string of the molecule is CN(CC1CCC(n2cc3cc(NC(=O)c4ccc(C(F)(F)F)cc4)c(C(C)(C)O)cc3n2)CC1)C1CCN(c2cccc3c2n(C)c(=O)n3C2CCC(=O)NC2=O)CC1. The molecule has 3 fully saturated rings. The van der Waals surface area contributed by atoms with Crippen molar-refractivity contribution in [3.8, 4) is 0 Å². The molecule has 3 aromatic carbocycles. The van der Waals surface area contributed by atoms with E-state index in [9.17, 15) is 37.5 Å². The van der Waals surface area contributed by atoms with Crippen LogP contribution in [0.5, 0.6) is 0 Å². The third-order valence-electron chi connectivity index (χ3n) is 12.8. The molecule has 1 unspecified atom stereocenters. The summed E-state index contributed by atoms with van der Waals surface area (Å²) in [6.07, 6.45) is 3.91. The highest BCUT2D eigenvalue weighted by Crippen LogP contribution is 2.38. The molecule has 2 aromatic heterocycles. The molecule has 1 aliphatic carbocycles. The van der Waals surface area contributed by atoms with Crippen molar-refractivity contribution in [2.24, 2.45) is 13.0 Å². The summed E-state index contributed by atoms with van der Waals surface area (Å²) in [5.74, 6) is -0.800. The Hall–Kier alpha value is -5.48. The van der Waals surface area contributed by atoms with E-state index in [1.165, 1.54) is 4.57 Å². The number of nitrogens with one attached hydrogen (secondary N) is 2. The van der Waals surface area contributed by atoms with Crippen LogP contribution in [0.4, 0.5) is 24.5 Å². The number of benzene rings is 3. The van der Waals surface area contributed by atoms with Crippen molar-refractivity contribution in [3.05, 3.63) is 88.0 Å². The molecule has 3 amide bonds. The number of imide groups is 1. The van der Waals surface area contributed by atoms with Gasteiger partial charge in [0.05, 0.1) is 39.4 Å². The van der Waals surface area contributed by atoms with Crippen molar-refractivity contribution in [1.82, 2.24) is 29.1 Å². The van der Waals surface area contributed by atoms with Gasteiger partial charge in [0.2, 0.25) is 11.8 Å². The summed E-state index contributed by atoms with van der Waals surface area (Å²) in [7, 11) is 3.95. The smallest absolute Gasteiger partial charge is 0.386 e. The fraction of sp³-hybridized carbons (Fsp3) is 0.477. The summed E-state index contributed by atoms with van der Waals surface area (Å²) < 4.78 is 44.4. The van der Waals surface area contributed by atoms with Crippen molar-refractivity contribution in [3.63, 3.8) is 0 Å². The van der Waals surface area contributed by atoms with Gasteiger partial charge < -0.3 is 20.2 Å². The van der Waals surface area contributed by atoms with Crippen LogP contribution in [0, 0.1) is 5.92 Å². The number of rotatable bonds is 9. The Morgan fingerprint density at radius 3 is 2.32 bits per heavy atom. The van der Waals surface area contributed by atoms with Crippen molar-refractivity contribution in [2.45, 2.75) is 95.1 Å². The molecule has 1 atom stereocenters. The zero-order valence-corrected chi connectivity index (χ0v) is 34.3. The molecule has 318 valence electrons. The summed E-state index contributed by atoms with van der Waals surface area (Å²) in [5, 5.41) is 21.9. The molecule has 4 heterocycles. The van der Waals surface area contributed by atoms with Gasteiger partial charge in [-0.1, -0.05) is 6.07 Å². The largest absolute Gasteiger partial charge is 0.416 e. The fourth-order valence-corrected chi connectivity index (χ4v) is 9.49. The minimum Gasteiger partial charge on any atom is -0.386 e. The van der Waals surface area contributed by atoms with E-state index in [2.05, 4.69) is 27.5 Å². The van der Waals surface area contributed by atoms with Gasteiger partial charge in [0.15, 0.2) is 0 Å². The number of carbonyl (C=O) groups is 3. The standard InChI is InChI=1S/C44H51F3N8O5/c1-43(2,60)32-23-33-28(22-34(32)48-40(57)27-10-12-29(13-11-27)44(45,46)47)25-54(50-33)31-14-8-26(9-15-31)24-51(3)30-18-20-53(21-19-30)35-6-5-7-36-39(35)52(4)42(59)55(36)37-16-17-38(56)49-41(37)58/h5-7,10-13,22-23,25-26,30-31,37,60H,8-9,14-21,24H2,1-4H3,(H,48,57)(H,49,56,58). The normalized spacial score (nSPS) is 20.9. The molecule has 2 aliphatic heterocycles. The maximum absolute atomic E-state index is 13.5. The Labute approximate surface area is 345 Å². The second-order valence-corrected chi connectivity index (χ2v) is 17.3. The molecular formula is C44H51F3N8O5. The van der Waals surface area contributed by atoms with Crippen LogP contribution in [0.25, 0.3) is 21.9 Å². The lowest BCUT2D eigenvalue weighted by Crippen LogP contribution is -2.45. The first kappa shape index (κ1) is 41.3. The zero-order chi connectivity index (χ0) is 42.7. The molecule has 8 rings (SSSR count). The third-order valence-corrected chi connectivity index (χ3v) is 12.8. The van der Waals surface area contributed by atoms with Gasteiger partial charge in [-0.3, -0.25) is 33.5 Å². The summed E-state index contributed by atoms with van der Waals surface area (Å²) in [5.41, 5.74) is 1.58. The van der Waals surface area contributed by atoms with Crippen molar-refractivity contribution in [1.29, 1.82) is 0 Å². The number of piperidine rings is 2. The number of hydrogen-bond donors (Lipinski definition) is 3. The molecular weight excluding hydrogens is 778 g/mol. The molecule has 2 saturated heterocycles. The van der Waals surface area contributed by atoms with Gasteiger partial charge in [0.25, 0.3) is 5.91 Å². The number of aliphatic hydroxyl groups is 1. The van der Waals surface area contributed by atoms with E-state index in [0.29, 0.717) is 40.7 Å². The van der Waals surface area contributed by atoms with E-state index >= 15 is 0 Å². The Kier molecular flexibility index (Phi) is 10.9. The van der Waals surface area contributed by atoms with E-state index in [1.807, 2.05) is 29.1 Å². The van der Waals surface area contributed by atoms with Gasteiger partial charge in [-0.25, -0.2) is 4.79 Å². The van der Waals surface area contributed by atoms with Gasteiger partial charge in [-0.2, -0.15) is 18.3 Å². The predicted molar refractivity (Wildman–Crippen MR) is 222 cm³/mol. The van der Waals surface area contributed by atoms with Crippen LogP contribution >= 0.6 is 0 Å². The lowest BCUT2D eigenvalue weighted by molar-refractivity contribution is -0.138. The number of carbonyl (C=O) groups excluding carboxylic acids is 3. The molecule has 0 radical (unpaired) electrons. The first-order valence-corrected chi connectivity index (χ1v) is 20.7. The van der Waals surface area contributed by atoms with Gasteiger partial charge in [0.1, 0.15) is 6.04 Å². The topological polar surface area (TPSA) is 147 Å². The van der Waals surface area contributed by atoms with Crippen LogP contribution in [0.2, 0.25) is 0 Å². The highest BCUT2D eigenvalue weighted by atomic mass is 19.4. The van der Waals surface area contributed by atoms with Crippen molar-refractivity contribution < 1.29 is 32.7 Å². The van der Waals surface area contributed by atoms with E-state index in [0.717, 1.165) is 99.0 Å². The Morgan fingerprint density at radius 2 is 1.67 bits per heavy atom. The molecule has 0 bridgehead atoms. The quantitative estimate of drug-likeness (QED) is 0.143. The lowest BCUT2D eigenvalue weighted by atomic mass is 9.85. The number of amides is 3. The van der Waals surface area contributed by atoms with E-state index < -0.39 is 35.2 Å². The number of imidazole rings is 1. The number of aryl methyl sites for hydroxylation is 1. The molecule has 3 N–H and O–H groups in total. The molecule has 13 nitrogen and oxygen atoms in total. The lowest BCUT2D eigenvalue weighted by Gasteiger charge is -2.40. The number of para-hydroxylation sites is 1. The van der Waals surface area contributed by atoms with Crippen LogP contribution in [0.1, 0.15) is 98.8 Å². The average Bonchev–Trinajstić information content (AvgIpc) is 3.74. The van der Waals surface area contributed by atoms with Crippen molar-refractivity contribution >= 4 is 51.0 Å². The summed E-state index contributed by atoms with van der Waals surface area (Å²) >= 11 is 0. The van der Waals surface area contributed by atoms with E-state index in [4.69, 9.17) is 5.10 Å². The summed E-state index contributed by atoms with van der Waals surface area (Å²) in [4.78, 5) is 55.9.